The highest BCUT2D eigenvalue weighted by molar-refractivity contribution is 4.88. The van der Waals surface area contributed by atoms with E-state index in [1.165, 1.54) is 6.42 Å². The summed E-state index contributed by atoms with van der Waals surface area (Å²) < 4.78 is 0. The molecule has 0 bridgehead atoms. The molecule has 2 nitrogen and oxygen atoms in total. The van der Waals surface area contributed by atoms with Crippen LogP contribution in [-0.4, -0.2) is 17.6 Å². The molecular weight excluding hydrogens is 220 g/mol. The second-order valence-corrected chi connectivity index (χ2v) is 9.30. The van der Waals surface area contributed by atoms with Crippen LogP contribution in [0.2, 0.25) is 0 Å². The molecule has 0 unspecified atom stereocenters. The Morgan fingerprint density at radius 3 is 1.56 bits per heavy atom. The SMILES string of the molecule is CC(C)(C)CC(C)(C)NCC(C)(C)CC(C)(C)N. The average molecular weight is 256 g/mol. The quantitative estimate of drug-likeness (QED) is 0.755. The summed E-state index contributed by atoms with van der Waals surface area (Å²) in [4.78, 5) is 0. The molecule has 0 amide bonds. The van der Waals surface area contributed by atoms with Crippen molar-refractivity contribution in [3.63, 3.8) is 0 Å². The van der Waals surface area contributed by atoms with Crippen molar-refractivity contribution in [1.82, 2.24) is 5.32 Å². The van der Waals surface area contributed by atoms with E-state index >= 15 is 0 Å². The summed E-state index contributed by atoms with van der Waals surface area (Å²) in [6.45, 7) is 21.3. The summed E-state index contributed by atoms with van der Waals surface area (Å²) >= 11 is 0. The highest BCUT2D eigenvalue weighted by Crippen LogP contribution is 2.30. The van der Waals surface area contributed by atoms with Crippen LogP contribution in [0.25, 0.3) is 0 Å². The first-order chi connectivity index (χ1) is 7.62. The molecule has 0 rings (SSSR count). The van der Waals surface area contributed by atoms with E-state index in [9.17, 15) is 0 Å². The summed E-state index contributed by atoms with van der Waals surface area (Å²) in [5.74, 6) is 0. The first-order valence-electron chi connectivity index (χ1n) is 7.16. The van der Waals surface area contributed by atoms with E-state index in [-0.39, 0.29) is 16.5 Å². The average Bonchev–Trinajstić information content (AvgIpc) is 1.91. The minimum atomic E-state index is -0.0979. The van der Waals surface area contributed by atoms with Gasteiger partial charge in [-0.15, -0.1) is 0 Å². The predicted molar refractivity (Wildman–Crippen MR) is 82.8 cm³/mol. The summed E-state index contributed by atoms with van der Waals surface area (Å²) in [7, 11) is 0. The van der Waals surface area contributed by atoms with Crippen LogP contribution in [0.4, 0.5) is 0 Å². The number of nitrogens with two attached hydrogens (primary N) is 1. The zero-order chi connectivity index (χ0) is 14.8. The Morgan fingerprint density at radius 2 is 1.22 bits per heavy atom. The molecule has 0 aromatic heterocycles. The van der Waals surface area contributed by atoms with Crippen molar-refractivity contribution in [2.75, 3.05) is 6.54 Å². The molecule has 0 atom stereocenters. The number of rotatable bonds is 6. The van der Waals surface area contributed by atoms with Gasteiger partial charge < -0.3 is 11.1 Å². The van der Waals surface area contributed by atoms with Crippen molar-refractivity contribution in [3.05, 3.63) is 0 Å². The Kier molecular flexibility index (Phi) is 5.48. The molecule has 18 heavy (non-hydrogen) atoms. The molecule has 0 heterocycles. The van der Waals surface area contributed by atoms with Gasteiger partial charge in [0.2, 0.25) is 0 Å². The number of hydrogen-bond donors (Lipinski definition) is 2. The molecule has 110 valence electrons. The Labute approximate surface area is 115 Å². The molecule has 0 spiro atoms. The Balaban J connectivity index is 4.38. The standard InChI is InChI=1S/C16H36N2/c1-13(2,3)10-16(8,9)18-12-14(4,5)11-15(6,7)17/h18H,10-12,17H2,1-9H3. The van der Waals surface area contributed by atoms with Crippen LogP contribution in [0.3, 0.4) is 0 Å². The summed E-state index contributed by atoms with van der Waals surface area (Å²) in [6.07, 6.45) is 2.20. The fraction of sp³-hybridized carbons (Fsp3) is 1.00. The summed E-state index contributed by atoms with van der Waals surface area (Å²) in [5, 5.41) is 3.72. The van der Waals surface area contributed by atoms with Crippen molar-refractivity contribution in [2.45, 2.75) is 86.2 Å². The lowest BCUT2D eigenvalue weighted by atomic mass is 9.78. The van der Waals surface area contributed by atoms with E-state index in [0.29, 0.717) is 5.41 Å². The van der Waals surface area contributed by atoms with Crippen LogP contribution < -0.4 is 11.1 Å². The van der Waals surface area contributed by atoms with E-state index in [1.807, 2.05) is 0 Å². The largest absolute Gasteiger partial charge is 0.326 e. The third kappa shape index (κ3) is 9.90. The Morgan fingerprint density at radius 1 is 0.778 bits per heavy atom. The topological polar surface area (TPSA) is 38.0 Å². The molecule has 0 fully saturated rings. The van der Waals surface area contributed by atoms with Gasteiger partial charge in [0, 0.05) is 17.6 Å². The van der Waals surface area contributed by atoms with Gasteiger partial charge in [0.05, 0.1) is 0 Å². The van der Waals surface area contributed by atoms with Gasteiger partial charge in [0.25, 0.3) is 0 Å². The molecule has 0 aliphatic carbocycles. The van der Waals surface area contributed by atoms with Gasteiger partial charge in [-0.05, 0) is 51.4 Å². The number of nitrogens with one attached hydrogen (secondary N) is 1. The van der Waals surface area contributed by atoms with Crippen LogP contribution in [-0.2, 0) is 0 Å². The fourth-order valence-corrected chi connectivity index (χ4v) is 3.16. The smallest absolute Gasteiger partial charge is 0.0130 e. The first kappa shape index (κ1) is 17.9. The molecule has 3 N–H and O–H groups in total. The third-order valence-corrected chi connectivity index (χ3v) is 2.95. The maximum Gasteiger partial charge on any atom is 0.0130 e. The van der Waals surface area contributed by atoms with Gasteiger partial charge in [-0.2, -0.15) is 0 Å². The van der Waals surface area contributed by atoms with Crippen molar-refractivity contribution in [3.8, 4) is 0 Å². The molecule has 0 aromatic carbocycles. The van der Waals surface area contributed by atoms with Crippen LogP contribution in [0.5, 0.6) is 0 Å². The highest BCUT2D eigenvalue weighted by Gasteiger charge is 2.30. The molecule has 0 aromatic rings. The normalized spacial score (nSPS) is 15.0. The second-order valence-electron chi connectivity index (χ2n) is 9.30. The molecule has 0 radical (unpaired) electrons. The molecule has 0 aliphatic heterocycles. The molecule has 2 heteroatoms. The summed E-state index contributed by atoms with van der Waals surface area (Å²) in [6, 6.07) is 0. The van der Waals surface area contributed by atoms with Crippen molar-refractivity contribution < 1.29 is 0 Å². The lowest BCUT2D eigenvalue weighted by Crippen LogP contribution is -2.48. The first-order valence-corrected chi connectivity index (χ1v) is 7.16. The Hall–Kier alpha value is -0.0800. The molecule has 0 saturated heterocycles. The highest BCUT2D eigenvalue weighted by atomic mass is 15.0. The maximum atomic E-state index is 6.13. The van der Waals surface area contributed by atoms with Gasteiger partial charge in [-0.3, -0.25) is 0 Å². The summed E-state index contributed by atoms with van der Waals surface area (Å²) in [5.41, 5.74) is 6.80. The predicted octanol–water partition coefficient (Wildman–Crippen LogP) is 3.94. The molecule has 0 saturated carbocycles. The van der Waals surface area contributed by atoms with Crippen molar-refractivity contribution in [2.24, 2.45) is 16.6 Å². The zero-order valence-electron chi connectivity index (χ0n) is 14.2. The lowest BCUT2D eigenvalue weighted by molar-refractivity contribution is 0.188. The van der Waals surface area contributed by atoms with Crippen LogP contribution in [0.15, 0.2) is 0 Å². The van der Waals surface area contributed by atoms with E-state index in [1.54, 1.807) is 0 Å². The Bertz CT molecular complexity index is 223. The zero-order valence-corrected chi connectivity index (χ0v) is 14.2. The van der Waals surface area contributed by atoms with E-state index in [2.05, 4.69) is 67.6 Å². The van der Waals surface area contributed by atoms with Gasteiger partial charge in [-0.25, -0.2) is 0 Å². The van der Waals surface area contributed by atoms with Crippen LogP contribution in [0, 0.1) is 10.8 Å². The van der Waals surface area contributed by atoms with Gasteiger partial charge in [0.15, 0.2) is 0 Å². The monoisotopic (exact) mass is 256 g/mol. The van der Waals surface area contributed by atoms with Gasteiger partial charge in [0.1, 0.15) is 0 Å². The van der Waals surface area contributed by atoms with Crippen molar-refractivity contribution in [1.29, 1.82) is 0 Å². The third-order valence-electron chi connectivity index (χ3n) is 2.95. The van der Waals surface area contributed by atoms with Crippen LogP contribution >= 0.6 is 0 Å². The molecule has 0 aliphatic rings. The van der Waals surface area contributed by atoms with E-state index in [0.717, 1.165) is 13.0 Å². The second kappa shape index (κ2) is 5.50. The lowest BCUT2D eigenvalue weighted by Gasteiger charge is -2.39. The minimum absolute atomic E-state index is 0.0979. The van der Waals surface area contributed by atoms with E-state index < -0.39 is 0 Å². The van der Waals surface area contributed by atoms with Crippen LogP contribution in [0.1, 0.15) is 75.2 Å². The fourth-order valence-electron chi connectivity index (χ4n) is 3.16. The minimum Gasteiger partial charge on any atom is -0.326 e. The van der Waals surface area contributed by atoms with Gasteiger partial charge in [-0.1, -0.05) is 34.6 Å². The van der Waals surface area contributed by atoms with Crippen molar-refractivity contribution >= 4 is 0 Å². The van der Waals surface area contributed by atoms with Gasteiger partial charge >= 0.3 is 0 Å². The van der Waals surface area contributed by atoms with E-state index in [4.69, 9.17) is 5.73 Å². The molecular formula is C16H36N2. The number of hydrogen-bond acceptors (Lipinski definition) is 2. The maximum absolute atomic E-state index is 6.13.